The van der Waals surface area contributed by atoms with Crippen LogP contribution in [0.25, 0.3) is 21.7 Å². The van der Waals surface area contributed by atoms with E-state index in [2.05, 4.69) is 48.3 Å². The summed E-state index contributed by atoms with van der Waals surface area (Å²) in [6, 6.07) is 18.9. The van der Waals surface area contributed by atoms with E-state index < -0.39 is 0 Å². The van der Waals surface area contributed by atoms with Gasteiger partial charge in [-0.05, 0) is 12.5 Å². The summed E-state index contributed by atoms with van der Waals surface area (Å²) >= 11 is 1.69. The molecule has 0 amide bonds. The van der Waals surface area contributed by atoms with Crippen molar-refractivity contribution < 1.29 is 0 Å². The minimum absolute atomic E-state index is 1.07. The molecule has 0 radical (unpaired) electrons. The Morgan fingerprint density at radius 2 is 1.56 bits per heavy atom. The van der Waals surface area contributed by atoms with Gasteiger partial charge in [0.15, 0.2) is 0 Å². The lowest BCUT2D eigenvalue weighted by atomic mass is 10.1. The first-order valence-corrected chi connectivity index (χ1v) is 6.78. The fourth-order valence-corrected chi connectivity index (χ4v) is 2.78. The molecule has 88 valence electrons. The van der Waals surface area contributed by atoms with Crippen LogP contribution < -0.4 is 0 Å². The topological polar surface area (TPSA) is 12.9 Å². The third kappa shape index (κ3) is 2.07. The molecule has 0 aliphatic rings. The molecule has 0 unspecified atom stereocenters. The Morgan fingerprint density at radius 1 is 0.833 bits per heavy atom. The van der Waals surface area contributed by atoms with Crippen molar-refractivity contribution in [3.8, 4) is 21.7 Å². The Labute approximate surface area is 111 Å². The molecule has 0 atom stereocenters. The number of hydrogen-bond acceptors (Lipinski definition) is 2. The van der Waals surface area contributed by atoms with E-state index in [1.165, 1.54) is 21.6 Å². The molecule has 1 aromatic heterocycles. The molecule has 1 nitrogen and oxygen atoms in total. The van der Waals surface area contributed by atoms with Gasteiger partial charge in [-0.2, -0.15) is 0 Å². The van der Waals surface area contributed by atoms with Gasteiger partial charge in [0.2, 0.25) is 0 Å². The number of hydrogen-bond donors (Lipinski definition) is 0. The summed E-state index contributed by atoms with van der Waals surface area (Å²) in [4.78, 5) is 5.74. The Bertz CT molecular complexity index is 638. The van der Waals surface area contributed by atoms with Crippen LogP contribution in [0.4, 0.5) is 0 Å². The van der Waals surface area contributed by atoms with Crippen molar-refractivity contribution in [2.24, 2.45) is 0 Å². The zero-order chi connectivity index (χ0) is 12.4. The number of aromatic nitrogens is 1. The number of thiazole rings is 1. The van der Waals surface area contributed by atoms with Crippen LogP contribution in [0, 0.1) is 6.92 Å². The minimum Gasteiger partial charge on any atom is -0.244 e. The van der Waals surface area contributed by atoms with Gasteiger partial charge < -0.3 is 0 Å². The van der Waals surface area contributed by atoms with Gasteiger partial charge >= 0.3 is 0 Å². The van der Waals surface area contributed by atoms with E-state index >= 15 is 0 Å². The molecule has 0 N–H and O–H groups in total. The highest BCUT2D eigenvalue weighted by Gasteiger charge is 2.09. The number of nitrogens with zero attached hydrogens (tertiary/aromatic N) is 1. The Morgan fingerprint density at radius 3 is 2.28 bits per heavy atom. The monoisotopic (exact) mass is 251 g/mol. The smallest absolute Gasteiger partial charge is 0.0890 e. The fraction of sp³-hybridized carbons (Fsp3) is 0.0625. The van der Waals surface area contributed by atoms with Gasteiger partial charge in [-0.15, -0.1) is 11.3 Å². The fourth-order valence-electron chi connectivity index (χ4n) is 1.96. The number of rotatable bonds is 2. The molecule has 0 fully saturated rings. The third-order valence-electron chi connectivity index (χ3n) is 2.93. The molecule has 0 saturated carbocycles. The largest absolute Gasteiger partial charge is 0.244 e. The summed E-state index contributed by atoms with van der Waals surface area (Å²) in [7, 11) is 0. The molecule has 2 aromatic carbocycles. The zero-order valence-electron chi connectivity index (χ0n) is 10.1. The van der Waals surface area contributed by atoms with Gasteiger partial charge in [0.1, 0.15) is 0 Å². The first-order chi connectivity index (χ1) is 8.84. The van der Waals surface area contributed by atoms with Crippen LogP contribution in [0.3, 0.4) is 0 Å². The summed E-state index contributed by atoms with van der Waals surface area (Å²) in [5.74, 6) is 0. The quantitative estimate of drug-likeness (QED) is 0.638. The predicted molar refractivity (Wildman–Crippen MR) is 77.7 cm³/mol. The second kappa shape index (κ2) is 4.75. The first-order valence-electron chi connectivity index (χ1n) is 5.90. The molecule has 3 rings (SSSR count). The minimum atomic E-state index is 1.07. The normalized spacial score (nSPS) is 10.5. The van der Waals surface area contributed by atoms with Crippen molar-refractivity contribution in [1.29, 1.82) is 0 Å². The van der Waals surface area contributed by atoms with E-state index in [0.717, 1.165) is 5.69 Å². The molecular formula is C16H13NS. The van der Waals surface area contributed by atoms with Gasteiger partial charge in [-0.3, -0.25) is 0 Å². The van der Waals surface area contributed by atoms with Crippen molar-refractivity contribution in [2.75, 3.05) is 0 Å². The van der Waals surface area contributed by atoms with Gasteiger partial charge in [-0.1, -0.05) is 60.2 Å². The molecule has 0 aliphatic carbocycles. The maximum absolute atomic E-state index is 4.50. The SMILES string of the molecule is Cc1ccc(-c2scnc2-c2ccccc2)cc1. The Hall–Kier alpha value is -1.93. The van der Waals surface area contributed by atoms with E-state index in [1.807, 2.05) is 23.7 Å². The average molecular weight is 251 g/mol. The molecule has 3 aromatic rings. The van der Waals surface area contributed by atoms with Crippen LogP contribution in [-0.2, 0) is 0 Å². The summed E-state index contributed by atoms with van der Waals surface area (Å²) in [5, 5.41) is 0. The van der Waals surface area contributed by atoms with Gasteiger partial charge in [0.05, 0.1) is 16.1 Å². The number of aryl methyl sites for hydroxylation is 1. The molecule has 18 heavy (non-hydrogen) atoms. The molecule has 2 heteroatoms. The maximum atomic E-state index is 4.50. The molecule has 0 aliphatic heterocycles. The third-order valence-corrected chi connectivity index (χ3v) is 3.80. The predicted octanol–water partition coefficient (Wildman–Crippen LogP) is 4.79. The van der Waals surface area contributed by atoms with Crippen molar-refractivity contribution in [2.45, 2.75) is 6.92 Å². The van der Waals surface area contributed by atoms with Gasteiger partial charge in [-0.25, -0.2) is 4.98 Å². The van der Waals surface area contributed by atoms with Crippen LogP contribution in [0.1, 0.15) is 5.56 Å². The van der Waals surface area contributed by atoms with Crippen LogP contribution in [0.15, 0.2) is 60.1 Å². The highest BCUT2D eigenvalue weighted by Crippen LogP contribution is 2.34. The van der Waals surface area contributed by atoms with Crippen LogP contribution in [0.2, 0.25) is 0 Å². The lowest BCUT2D eigenvalue weighted by Gasteiger charge is -2.03. The van der Waals surface area contributed by atoms with E-state index in [9.17, 15) is 0 Å². The molecule has 0 spiro atoms. The summed E-state index contributed by atoms with van der Waals surface area (Å²) in [6.07, 6.45) is 0. The van der Waals surface area contributed by atoms with Crippen molar-refractivity contribution in [3.05, 3.63) is 65.7 Å². The standard InChI is InChI=1S/C16H13NS/c1-12-7-9-14(10-8-12)16-15(17-11-18-16)13-5-3-2-4-6-13/h2-11H,1H3. The molecule has 0 bridgehead atoms. The zero-order valence-corrected chi connectivity index (χ0v) is 10.9. The van der Waals surface area contributed by atoms with Gasteiger partial charge in [0, 0.05) is 5.56 Å². The van der Waals surface area contributed by atoms with E-state index in [0.29, 0.717) is 0 Å². The van der Waals surface area contributed by atoms with E-state index in [1.54, 1.807) is 11.3 Å². The average Bonchev–Trinajstić information content (AvgIpc) is 2.90. The lowest BCUT2D eigenvalue weighted by molar-refractivity contribution is 1.40. The maximum Gasteiger partial charge on any atom is 0.0890 e. The van der Waals surface area contributed by atoms with Crippen molar-refractivity contribution in [1.82, 2.24) is 4.98 Å². The van der Waals surface area contributed by atoms with Crippen LogP contribution in [0.5, 0.6) is 0 Å². The van der Waals surface area contributed by atoms with Crippen LogP contribution >= 0.6 is 11.3 Å². The molecular weight excluding hydrogens is 238 g/mol. The Balaban J connectivity index is 2.10. The first kappa shape index (κ1) is 11.2. The van der Waals surface area contributed by atoms with E-state index in [4.69, 9.17) is 0 Å². The number of benzene rings is 2. The highest BCUT2D eigenvalue weighted by atomic mass is 32.1. The van der Waals surface area contributed by atoms with Gasteiger partial charge in [0.25, 0.3) is 0 Å². The summed E-state index contributed by atoms with van der Waals surface area (Å²) < 4.78 is 0. The lowest BCUT2D eigenvalue weighted by Crippen LogP contribution is -1.81. The van der Waals surface area contributed by atoms with Crippen molar-refractivity contribution >= 4 is 11.3 Å². The highest BCUT2D eigenvalue weighted by molar-refractivity contribution is 7.13. The van der Waals surface area contributed by atoms with Crippen molar-refractivity contribution in [3.63, 3.8) is 0 Å². The second-order valence-corrected chi connectivity index (χ2v) is 5.12. The molecule has 0 saturated heterocycles. The summed E-state index contributed by atoms with van der Waals surface area (Å²) in [5.41, 5.74) is 6.68. The summed E-state index contributed by atoms with van der Waals surface area (Å²) in [6.45, 7) is 2.11. The van der Waals surface area contributed by atoms with E-state index in [-0.39, 0.29) is 0 Å². The van der Waals surface area contributed by atoms with Crippen LogP contribution in [-0.4, -0.2) is 4.98 Å². The Kier molecular flexibility index (Phi) is 2.95. The second-order valence-electron chi connectivity index (χ2n) is 4.26. The molecule has 1 heterocycles.